The van der Waals surface area contributed by atoms with Gasteiger partial charge in [0.15, 0.2) is 6.61 Å². The van der Waals surface area contributed by atoms with Crippen LogP contribution in [0, 0.1) is 6.92 Å². The van der Waals surface area contributed by atoms with Gasteiger partial charge in [-0.05, 0) is 25.5 Å². The number of ether oxygens (including phenoxy) is 1. The van der Waals surface area contributed by atoms with E-state index in [2.05, 4.69) is 0 Å². The second-order valence-corrected chi connectivity index (χ2v) is 4.02. The molecule has 1 rings (SSSR count). The van der Waals surface area contributed by atoms with Crippen LogP contribution in [-0.2, 0) is 9.53 Å². The normalized spacial score (nSPS) is 9.94. The molecule has 0 aliphatic rings. The number of para-hydroxylation sites is 1. The molecule has 5 nitrogen and oxygen atoms in total. The molecule has 1 aromatic rings. The van der Waals surface area contributed by atoms with Gasteiger partial charge in [-0.15, -0.1) is 0 Å². The van der Waals surface area contributed by atoms with Crippen molar-refractivity contribution in [1.29, 1.82) is 0 Å². The molecule has 2 N–H and O–H groups in total. The van der Waals surface area contributed by atoms with E-state index < -0.39 is 5.97 Å². The number of amides is 1. The Morgan fingerprint density at radius 2 is 2.06 bits per heavy atom. The molecule has 0 saturated heterocycles. The molecule has 0 saturated carbocycles. The number of nitrogens with two attached hydrogens (primary N) is 1. The highest BCUT2D eigenvalue weighted by molar-refractivity contribution is 5.96. The van der Waals surface area contributed by atoms with E-state index in [1.54, 1.807) is 19.2 Å². The van der Waals surface area contributed by atoms with E-state index in [0.717, 1.165) is 5.56 Å². The van der Waals surface area contributed by atoms with Gasteiger partial charge in [0, 0.05) is 19.3 Å². The van der Waals surface area contributed by atoms with Crippen LogP contribution in [0.5, 0.6) is 0 Å². The van der Waals surface area contributed by atoms with Gasteiger partial charge >= 0.3 is 5.97 Å². The third kappa shape index (κ3) is 3.23. The first-order valence-electron chi connectivity index (χ1n) is 5.73. The minimum Gasteiger partial charge on any atom is -0.452 e. The fraction of sp³-hybridized carbons (Fsp3) is 0.385. The van der Waals surface area contributed by atoms with E-state index in [1.807, 2.05) is 19.9 Å². The van der Waals surface area contributed by atoms with Crippen LogP contribution < -0.4 is 5.73 Å². The van der Waals surface area contributed by atoms with Crippen molar-refractivity contribution >= 4 is 17.6 Å². The summed E-state index contributed by atoms with van der Waals surface area (Å²) in [5, 5.41) is 0. The fourth-order valence-electron chi connectivity index (χ4n) is 1.35. The predicted molar refractivity (Wildman–Crippen MR) is 69.2 cm³/mol. The van der Waals surface area contributed by atoms with E-state index in [9.17, 15) is 9.59 Å². The van der Waals surface area contributed by atoms with E-state index >= 15 is 0 Å². The monoisotopic (exact) mass is 250 g/mol. The third-order valence-electron chi connectivity index (χ3n) is 2.77. The molecule has 18 heavy (non-hydrogen) atoms. The number of aryl methyl sites for hydroxylation is 1. The summed E-state index contributed by atoms with van der Waals surface area (Å²) in [7, 11) is 1.65. The van der Waals surface area contributed by atoms with E-state index in [1.165, 1.54) is 4.90 Å². The van der Waals surface area contributed by atoms with Crippen LogP contribution in [0.15, 0.2) is 18.2 Å². The number of hydrogen-bond acceptors (Lipinski definition) is 4. The van der Waals surface area contributed by atoms with Crippen LogP contribution in [0.3, 0.4) is 0 Å². The number of likely N-dealkylation sites (N-methyl/N-ethyl adjacent to an activating group) is 1. The number of nitrogens with zero attached hydrogens (tertiary/aromatic N) is 1. The smallest absolute Gasteiger partial charge is 0.340 e. The molecule has 1 amide bonds. The van der Waals surface area contributed by atoms with Gasteiger partial charge in [-0.1, -0.05) is 12.1 Å². The second kappa shape index (κ2) is 6.05. The lowest BCUT2D eigenvalue weighted by Crippen LogP contribution is -2.31. The zero-order valence-corrected chi connectivity index (χ0v) is 10.9. The van der Waals surface area contributed by atoms with Crippen molar-refractivity contribution < 1.29 is 14.3 Å². The highest BCUT2D eigenvalue weighted by atomic mass is 16.5. The van der Waals surface area contributed by atoms with E-state index in [-0.39, 0.29) is 12.5 Å². The summed E-state index contributed by atoms with van der Waals surface area (Å²) >= 11 is 0. The third-order valence-corrected chi connectivity index (χ3v) is 2.77. The van der Waals surface area contributed by atoms with Crippen LogP contribution in [0.4, 0.5) is 5.69 Å². The summed E-state index contributed by atoms with van der Waals surface area (Å²) in [5.41, 5.74) is 7.27. The average Bonchev–Trinajstić information content (AvgIpc) is 2.37. The lowest BCUT2D eigenvalue weighted by Gasteiger charge is -2.14. The topological polar surface area (TPSA) is 72.6 Å². The molecule has 0 unspecified atom stereocenters. The van der Waals surface area contributed by atoms with Crippen molar-refractivity contribution in [3.8, 4) is 0 Å². The molecular weight excluding hydrogens is 232 g/mol. The first-order chi connectivity index (χ1) is 8.47. The van der Waals surface area contributed by atoms with E-state index in [0.29, 0.717) is 17.8 Å². The number of esters is 1. The van der Waals surface area contributed by atoms with Crippen LogP contribution in [-0.4, -0.2) is 37.0 Å². The Kier molecular flexibility index (Phi) is 4.71. The number of rotatable bonds is 4. The molecule has 5 heteroatoms. The molecular formula is C13H18N2O3. The lowest BCUT2D eigenvalue weighted by atomic mass is 10.1. The van der Waals surface area contributed by atoms with Gasteiger partial charge in [0.05, 0.1) is 5.56 Å². The van der Waals surface area contributed by atoms with Gasteiger partial charge in [0.1, 0.15) is 0 Å². The largest absolute Gasteiger partial charge is 0.452 e. The number of nitrogen functional groups attached to an aromatic ring is 1. The number of benzene rings is 1. The molecule has 0 aliphatic carbocycles. The second-order valence-electron chi connectivity index (χ2n) is 4.02. The highest BCUT2D eigenvalue weighted by Crippen LogP contribution is 2.17. The minimum atomic E-state index is -0.575. The molecule has 0 atom stereocenters. The Hall–Kier alpha value is -2.04. The Morgan fingerprint density at radius 1 is 1.39 bits per heavy atom. The van der Waals surface area contributed by atoms with Crippen molar-refractivity contribution in [3.63, 3.8) is 0 Å². The molecule has 0 fully saturated rings. The Balaban J connectivity index is 2.67. The summed E-state index contributed by atoms with van der Waals surface area (Å²) in [5.74, 6) is -0.814. The van der Waals surface area contributed by atoms with Crippen molar-refractivity contribution in [2.75, 3.05) is 25.9 Å². The predicted octanol–water partition coefficient (Wildman–Crippen LogP) is 1.21. The maximum atomic E-state index is 11.8. The van der Waals surface area contributed by atoms with E-state index in [4.69, 9.17) is 10.5 Å². The molecule has 0 radical (unpaired) electrons. The van der Waals surface area contributed by atoms with Crippen molar-refractivity contribution in [3.05, 3.63) is 29.3 Å². The van der Waals surface area contributed by atoms with Gasteiger partial charge in [0.2, 0.25) is 0 Å². The summed E-state index contributed by atoms with van der Waals surface area (Å²) in [6.45, 7) is 3.96. The molecule has 0 spiro atoms. The number of anilines is 1. The number of hydrogen-bond donors (Lipinski definition) is 1. The maximum absolute atomic E-state index is 11.8. The van der Waals surface area contributed by atoms with Crippen molar-refractivity contribution in [1.82, 2.24) is 4.90 Å². The maximum Gasteiger partial charge on any atom is 0.340 e. The van der Waals surface area contributed by atoms with Crippen LogP contribution >= 0.6 is 0 Å². The minimum absolute atomic E-state index is 0.239. The molecule has 0 aromatic heterocycles. The zero-order chi connectivity index (χ0) is 13.7. The summed E-state index contributed by atoms with van der Waals surface area (Å²) in [6.07, 6.45) is 0. The lowest BCUT2D eigenvalue weighted by molar-refractivity contribution is -0.133. The van der Waals surface area contributed by atoms with Crippen LogP contribution in [0.25, 0.3) is 0 Å². The summed E-state index contributed by atoms with van der Waals surface area (Å²) in [6, 6.07) is 5.11. The standard InChI is InChI=1S/C13H18N2O3/c1-4-15(3)11(16)8-18-13(17)10-7-5-6-9(2)12(10)14/h5-7H,4,8,14H2,1-3H3. The number of carbonyl (C=O) groups is 2. The summed E-state index contributed by atoms with van der Waals surface area (Å²) < 4.78 is 4.94. The molecule has 98 valence electrons. The first kappa shape index (κ1) is 14.0. The first-order valence-corrected chi connectivity index (χ1v) is 5.73. The molecule has 0 heterocycles. The van der Waals surface area contributed by atoms with Gasteiger partial charge in [0.25, 0.3) is 5.91 Å². The van der Waals surface area contributed by atoms with Crippen LogP contribution in [0.2, 0.25) is 0 Å². The number of carbonyl (C=O) groups excluding carboxylic acids is 2. The molecule has 1 aromatic carbocycles. The van der Waals surface area contributed by atoms with Gasteiger partial charge in [-0.2, -0.15) is 0 Å². The van der Waals surface area contributed by atoms with Crippen molar-refractivity contribution in [2.24, 2.45) is 0 Å². The Labute approximate surface area is 107 Å². The van der Waals surface area contributed by atoms with Crippen LogP contribution in [0.1, 0.15) is 22.8 Å². The van der Waals surface area contributed by atoms with Crippen molar-refractivity contribution in [2.45, 2.75) is 13.8 Å². The molecule has 0 bridgehead atoms. The van der Waals surface area contributed by atoms with Gasteiger partial charge in [-0.3, -0.25) is 4.79 Å². The SMILES string of the molecule is CCN(C)C(=O)COC(=O)c1cccc(C)c1N. The van der Waals surface area contributed by atoms with Gasteiger partial charge < -0.3 is 15.4 Å². The fourth-order valence-corrected chi connectivity index (χ4v) is 1.35. The Bertz CT molecular complexity index is 458. The average molecular weight is 250 g/mol. The summed E-state index contributed by atoms with van der Waals surface area (Å²) in [4.78, 5) is 24.7. The quantitative estimate of drug-likeness (QED) is 0.644. The Morgan fingerprint density at radius 3 is 2.67 bits per heavy atom. The zero-order valence-electron chi connectivity index (χ0n) is 10.9. The molecule has 0 aliphatic heterocycles. The highest BCUT2D eigenvalue weighted by Gasteiger charge is 2.15. The van der Waals surface area contributed by atoms with Gasteiger partial charge in [-0.25, -0.2) is 4.79 Å².